The molecular formula is C13H24N2O2. The molecule has 0 aromatic heterocycles. The number of carbonyl (C=O) groups is 1. The highest BCUT2D eigenvalue weighted by Crippen LogP contribution is 2.23. The Morgan fingerprint density at radius 1 is 1.47 bits per heavy atom. The van der Waals surface area contributed by atoms with E-state index in [0.717, 1.165) is 38.8 Å². The molecule has 2 saturated heterocycles. The number of piperidine rings is 1. The lowest BCUT2D eigenvalue weighted by molar-refractivity contribution is -0.136. The lowest BCUT2D eigenvalue weighted by Gasteiger charge is -2.33. The van der Waals surface area contributed by atoms with Crippen LogP contribution in [0.15, 0.2) is 0 Å². The minimum absolute atomic E-state index is 0.0131. The van der Waals surface area contributed by atoms with E-state index in [2.05, 4.69) is 12.2 Å². The zero-order chi connectivity index (χ0) is 12.3. The first kappa shape index (κ1) is 12.8. The van der Waals surface area contributed by atoms with Crippen LogP contribution in [0.3, 0.4) is 0 Å². The molecule has 2 heterocycles. The number of nitrogens with one attached hydrogen (secondary N) is 1. The van der Waals surface area contributed by atoms with Gasteiger partial charge in [0.2, 0.25) is 5.91 Å². The van der Waals surface area contributed by atoms with Crippen molar-refractivity contribution in [1.82, 2.24) is 10.2 Å². The molecule has 2 rings (SSSR count). The van der Waals surface area contributed by atoms with Crippen LogP contribution in [0.2, 0.25) is 0 Å². The van der Waals surface area contributed by atoms with Gasteiger partial charge in [0, 0.05) is 6.54 Å². The van der Waals surface area contributed by atoms with E-state index in [1.807, 2.05) is 4.90 Å². The maximum atomic E-state index is 12.4. The topological polar surface area (TPSA) is 52.6 Å². The number of likely N-dealkylation sites (tertiary alicyclic amines) is 1. The molecule has 0 aromatic rings. The maximum Gasteiger partial charge on any atom is 0.240 e. The zero-order valence-corrected chi connectivity index (χ0v) is 10.7. The van der Waals surface area contributed by atoms with Gasteiger partial charge in [0.15, 0.2) is 0 Å². The Morgan fingerprint density at radius 3 is 3.00 bits per heavy atom. The van der Waals surface area contributed by atoms with Crippen LogP contribution in [0.4, 0.5) is 0 Å². The van der Waals surface area contributed by atoms with Crippen LogP contribution in [-0.4, -0.2) is 47.7 Å². The molecule has 2 aliphatic heterocycles. The number of amides is 1. The third-order valence-electron chi connectivity index (χ3n) is 4.26. The molecule has 3 atom stereocenters. The highest BCUT2D eigenvalue weighted by atomic mass is 16.3. The molecule has 0 aromatic carbocycles. The van der Waals surface area contributed by atoms with Crippen molar-refractivity contribution in [1.29, 1.82) is 0 Å². The van der Waals surface area contributed by atoms with Crippen molar-refractivity contribution < 1.29 is 9.90 Å². The molecule has 0 radical (unpaired) electrons. The normalized spacial score (nSPS) is 34.0. The van der Waals surface area contributed by atoms with Gasteiger partial charge in [-0.15, -0.1) is 0 Å². The third-order valence-corrected chi connectivity index (χ3v) is 4.26. The predicted molar refractivity (Wildman–Crippen MR) is 66.6 cm³/mol. The fourth-order valence-electron chi connectivity index (χ4n) is 3.07. The van der Waals surface area contributed by atoms with E-state index < -0.39 is 0 Å². The van der Waals surface area contributed by atoms with E-state index in [-0.39, 0.29) is 24.6 Å². The van der Waals surface area contributed by atoms with E-state index in [1.54, 1.807) is 0 Å². The summed E-state index contributed by atoms with van der Waals surface area (Å²) in [5.74, 6) is 0.889. The molecule has 2 fully saturated rings. The van der Waals surface area contributed by atoms with Crippen molar-refractivity contribution in [3.05, 3.63) is 0 Å². The second-order valence-electron chi connectivity index (χ2n) is 5.32. The average molecular weight is 240 g/mol. The standard InChI is InChI=1S/C13H24N2O2/c1-2-10-5-6-14-12(8-10)13(17)15-7-3-4-11(15)9-16/h10-12,14,16H,2-9H2,1H3. The van der Waals surface area contributed by atoms with Crippen LogP contribution >= 0.6 is 0 Å². The van der Waals surface area contributed by atoms with Gasteiger partial charge in [-0.2, -0.15) is 0 Å². The van der Waals surface area contributed by atoms with Gasteiger partial charge < -0.3 is 15.3 Å². The van der Waals surface area contributed by atoms with Crippen LogP contribution in [0, 0.1) is 5.92 Å². The van der Waals surface area contributed by atoms with Crippen LogP contribution in [0.25, 0.3) is 0 Å². The Kier molecular flexibility index (Phi) is 4.40. The van der Waals surface area contributed by atoms with E-state index in [9.17, 15) is 9.90 Å². The Balaban J connectivity index is 1.94. The van der Waals surface area contributed by atoms with Crippen molar-refractivity contribution in [2.45, 2.75) is 51.1 Å². The Labute approximate surface area is 103 Å². The molecule has 0 aliphatic carbocycles. The fraction of sp³-hybridized carbons (Fsp3) is 0.923. The van der Waals surface area contributed by atoms with Crippen molar-refractivity contribution >= 4 is 5.91 Å². The maximum absolute atomic E-state index is 12.4. The minimum atomic E-state index is -0.0131. The number of nitrogens with zero attached hydrogens (tertiary/aromatic N) is 1. The molecule has 0 saturated carbocycles. The molecule has 17 heavy (non-hydrogen) atoms. The molecule has 2 N–H and O–H groups in total. The molecule has 3 unspecified atom stereocenters. The van der Waals surface area contributed by atoms with Crippen molar-refractivity contribution in [2.24, 2.45) is 5.92 Å². The largest absolute Gasteiger partial charge is 0.394 e. The lowest BCUT2D eigenvalue weighted by Crippen LogP contribution is -2.52. The first-order valence-corrected chi connectivity index (χ1v) is 6.91. The summed E-state index contributed by atoms with van der Waals surface area (Å²) < 4.78 is 0. The average Bonchev–Trinajstić information content (AvgIpc) is 2.86. The van der Waals surface area contributed by atoms with Crippen LogP contribution in [0.1, 0.15) is 39.0 Å². The lowest BCUT2D eigenvalue weighted by atomic mass is 9.90. The molecule has 0 spiro atoms. The van der Waals surface area contributed by atoms with Gasteiger partial charge in [-0.3, -0.25) is 4.79 Å². The summed E-state index contributed by atoms with van der Waals surface area (Å²) in [5.41, 5.74) is 0. The first-order chi connectivity index (χ1) is 8.26. The van der Waals surface area contributed by atoms with Gasteiger partial charge in [-0.05, 0) is 38.1 Å². The second-order valence-corrected chi connectivity index (χ2v) is 5.32. The van der Waals surface area contributed by atoms with Crippen LogP contribution in [0.5, 0.6) is 0 Å². The quantitative estimate of drug-likeness (QED) is 0.765. The van der Waals surface area contributed by atoms with Crippen molar-refractivity contribution in [3.8, 4) is 0 Å². The van der Waals surface area contributed by atoms with Gasteiger partial charge in [-0.1, -0.05) is 13.3 Å². The van der Waals surface area contributed by atoms with E-state index in [0.29, 0.717) is 5.92 Å². The summed E-state index contributed by atoms with van der Waals surface area (Å²) in [6.07, 6.45) is 5.29. The number of rotatable bonds is 3. The van der Waals surface area contributed by atoms with Gasteiger partial charge in [-0.25, -0.2) is 0 Å². The fourth-order valence-corrected chi connectivity index (χ4v) is 3.07. The molecular weight excluding hydrogens is 216 g/mol. The molecule has 2 aliphatic rings. The predicted octanol–water partition coefficient (Wildman–Crippen LogP) is 0.748. The highest BCUT2D eigenvalue weighted by molar-refractivity contribution is 5.82. The van der Waals surface area contributed by atoms with E-state index in [4.69, 9.17) is 0 Å². The summed E-state index contributed by atoms with van der Waals surface area (Å²) >= 11 is 0. The summed E-state index contributed by atoms with van der Waals surface area (Å²) in [5, 5.41) is 12.6. The monoisotopic (exact) mass is 240 g/mol. The van der Waals surface area contributed by atoms with E-state index >= 15 is 0 Å². The van der Waals surface area contributed by atoms with Gasteiger partial charge >= 0.3 is 0 Å². The van der Waals surface area contributed by atoms with Gasteiger partial charge in [0.1, 0.15) is 0 Å². The Bertz CT molecular complexity index is 270. The van der Waals surface area contributed by atoms with Crippen LogP contribution in [-0.2, 0) is 4.79 Å². The number of carbonyl (C=O) groups excluding carboxylic acids is 1. The molecule has 4 nitrogen and oxygen atoms in total. The smallest absolute Gasteiger partial charge is 0.240 e. The molecule has 4 heteroatoms. The van der Waals surface area contributed by atoms with E-state index in [1.165, 1.54) is 6.42 Å². The Hall–Kier alpha value is -0.610. The minimum Gasteiger partial charge on any atom is -0.394 e. The number of hydrogen-bond donors (Lipinski definition) is 2. The summed E-state index contributed by atoms with van der Waals surface area (Å²) in [6, 6.07) is 0.0483. The summed E-state index contributed by atoms with van der Waals surface area (Å²) in [4.78, 5) is 14.3. The van der Waals surface area contributed by atoms with Gasteiger partial charge in [0.05, 0.1) is 18.7 Å². The van der Waals surface area contributed by atoms with Gasteiger partial charge in [0.25, 0.3) is 0 Å². The zero-order valence-electron chi connectivity index (χ0n) is 10.7. The molecule has 1 amide bonds. The number of hydrogen-bond acceptors (Lipinski definition) is 3. The summed E-state index contributed by atoms with van der Waals surface area (Å²) in [7, 11) is 0. The van der Waals surface area contributed by atoms with Crippen molar-refractivity contribution in [3.63, 3.8) is 0 Å². The highest BCUT2D eigenvalue weighted by Gasteiger charge is 2.34. The second kappa shape index (κ2) is 5.83. The van der Waals surface area contributed by atoms with Crippen LogP contribution < -0.4 is 5.32 Å². The third kappa shape index (κ3) is 2.80. The molecule has 0 bridgehead atoms. The Morgan fingerprint density at radius 2 is 2.29 bits per heavy atom. The SMILES string of the molecule is CCC1CCNC(C(=O)N2CCCC2CO)C1. The number of aliphatic hydroxyl groups excluding tert-OH is 1. The first-order valence-electron chi connectivity index (χ1n) is 6.91. The number of aliphatic hydroxyl groups is 1. The molecule has 98 valence electrons. The van der Waals surface area contributed by atoms with Crippen molar-refractivity contribution in [2.75, 3.05) is 19.7 Å². The summed E-state index contributed by atoms with van der Waals surface area (Å²) in [6.45, 7) is 4.07.